The van der Waals surface area contributed by atoms with Crippen molar-refractivity contribution in [2.75, 3.05) is 6.54 Å². The van der Waals surface area contributed by atoms with Crippen LogP contribution in [-0.2, 0) is 5.41 Å². The van der Waals surface area contributed by atoms with Crippen LogP contribution in [0.15, 0.2) is 24.3 Å². The third-order valence-electron chi connectivity index (χ3n) is 3.37. The Kier molecular flexibility index (Phi) is 3.56. The Morgan fingerprint density at radius 2 is 2.12 bits per heavy atom. The second-order valence-electron chi connectivity index (χ2n) is 5.37. The van der Waals surface area contributed by atoms with Gasteiger partial charge in [0.2, 0.25) is 0 Å². The highest BCUT2D eigenvalue weighted by molar-refractivity contribution is 6.30. The Labute approximate surface area is 103 Å². The molecule has 1 nitrogen and oxygen atoms in total. The lowest BCUT2D eigenvalue weighted by atomic mass is 9.81. The number of rotatable bonds is 5. The van der Waals surface area contributed by atoms with Crippen molar-refractivity contribution in [1.82, 2.24) is 5.32 Å². The Balaban J connectivity index is 1.93. The van der Waals surface area contributed by atoms with Gasteiger partial charge in [-0.3, -0.25) is 0 Å². The normalized spacial score (nSPS) is 16.4. The van der Waals surface area contributed by atoms with Crippen molar-refractivity contribution in [3.05, 3.63) is 34.9 Å². The second kappa shape index (κ2) is 4.77. The van der Waals surface area contributed by atoms with E-state index in [1.54, 1.807) is 0 Å². The molecule has 1 aliphatic carbocycles. The van der Waals surface area contributed by atoms with Gasteiger partial charge in [-0.15, -0.1) is 0 Å². The fourth-order valence-corrected chi connectivity index (χ4v) is 2.12. The zero-order valence-electron chi connectivity index (χ0n) is 10.1. The number of benzene rings is 1. The molecule has 1 aliphatic rings. The fraction of sp³-hybridized carbons (Fsp3) is 0.571. The Morgan fingerprint density at radius 1 is 1.38 bits per heavy atom. The van der Waals surface area contributed by atoms with E-state index in [1.807, 2.05) is 12.1 Å². The van der Waals surface area contributed by atoms with Gasteiger partial charge >= 0.3 is 0 Å². The van der Waals surface area contributed by atoms with Crippen molar-refractivity contribution in [3.63, 3.8) is 0 Å². The topological polar surface area (TPSA) is 12.0 Å². The van der Waals surface area contributed by atoms with Gasteiger partial charge in [0.15, 0.2) is 0 Å². The lowest BCUT2D eigenvalue weighted by molar-refractivity contribution is 0.456. The first kappa shape index (κ1) is 11.9. The highest BCUT2D eigenvalue weighted by Gasteiger charge is 2.24. The van der Waals surface area contributed by atoms with E-state index in [9.17, 15) is 0 Å². The summed E-state index contributed by atoms with van der Waals surface area (Å²) in [6.45, 7) is 5.67. The molecule has 0 spiro atoms. The molecule has 0 heterocycles. The maximum atomic E-state index is 6.03. The third kappa shape index (κ3) is 3.23. The number of nitrogens with one attached hydrogen (secondary N) is 1. The first-order valence-corrected chi connectivity index (χ1v) is 6.45. The molecule has 1 saturated carbocycles. The smallest absolute Gasteiger partial charge is 0.0408 e. The Morgan fingerprint density at radius 3 is 2.75 bits per heavy atom. The summed E-state index contributed by atoms with van der Waals surface area (Å²) in [5.41, 5.74) is 1.53. The second-order valence-corrected chi connectivity index (χ2v) is 5.81. The molecule has 0 saturated heterocycles. The van der Waals surface area contributed by atoms with Crippen LogP contribution in [0.25, 0.3) is 0 Å². The van der Waals surface area contributed by atoms with E-state index in [1.165, 1.54) is 18.4 Å². The summed E-state index contributed by atoms with van der Waals surface area (Å²) in [7, 11) is 0. The molecule has 0 aromatic heterocycles. The summed E-state index contributed by atoms with van der Waals surface area (Å²) < 4.78 is 0. The summed E-state index contributed by atoms with van der Waals surface area (Å²) in [5, 5.41) is 4.40. The largest absolute Gasteiger partial charge is 0.314 e. The molecule has 0 radical (unpaired) electrons. The summed E-state index contributed by atoms with van der Waals surface area (Å²) >= 11 is 6.03. The van der Waals surface area contributed by atoms with Crippen LogP contribution in [0.1, 0.15) is 38.7 Å². The lowest BCUT2D eigenvalue weighted by Gasteiger charge is -2.25. The molecule has 2 heteroatoms. The van der Waals surface area contributed by atoms with Crippen molar-refractivity contribution in [2.45, 2.75) is 44.6 Å². The quantitative estimate of drug-likeness (QED) is 0.822. The van der Waals surface area contributed by atoms with E-state index in [4.69, 9.17) is 11.6 Å². The summed E-state index contributed by atoms with van der Waals surface area (Å²) in [6, 6.07) is 9.02. The maximum Gasteiger partial charge on any atom is 0.0408 e. The monoisotopic (exact) mass is 237 g/mol. The van der Waals surface area contributed by atoms with Gasteiger partial charge in [0.25, 0.3) is 0 Å². The zero-order valence-corrected chi connectivity index (χ0v) is 10.8. The molecular weight excluding hydrogens is 218 g/mol. The molecule has 1 aromatic rings. The van der Waals surface area contributed by atoms with Gasteiger partial charge in [-0.05, 0) is 48.9 Å². The zero-order chi connectivity index (χ0) is 11.6. The van der Waals surface area contributed by atoms with Gasteiger partial charge in [0.1, 0.15) is 0 Å². The first-order chi connectivity index (χ1) is 7.58. The molecule has 1 fully saturated rings. The van der Waals surface area contributed by atoms with Crippen LogP contribution in [0.3, 0.4) is 0 Å². The van der Waals surface area contributed by atoms with Crippen molar-refractivity contribution >= 4 is 11.6 Å². The van der Waals surface area contributed by atoms with E-state index < -0.39 is 0 Å². The standard InChI is InChI=1S/C14H20ClN/c1-14(2,8-9-16-13-6-7-13)11-4-3-5-12(15)10-11/h3-5,10,13,16H,6-9H2,1-2H3. The molecule has 0 aliphatic heterocycles. The minimum Gasteiger partial charge on any atom is -0.314 e. The highest BCUT2D eigenvalue weighted by Crippen LogP contribution is 2.29. The predicted molar refractivity (Wildman–Crippen MR) is 70.1 cm³/mol. The van der Waals surface area contributed by atoms with Gasteiger partial charge in [0.05, 0.1) is 0 Å². The number of hydrogen-bond donors (Lipinski definition) is 1. The van der Waals surface area contributed by atoms with Gasteiger partial charge in [-0.25, -0.2) is 0 Å². The predicted octanol–water partition coefficient (Wildman–Crippen LogP) is 3.76. The maximum absolute atomic E-state index is 6.03. The molecule has 0 unspecified atom stereocenters. The van der Waals surface area contributed by atoms with Gasteiger partial charge in [-0.1, -0.05) is 37.6 Å². The summed E-state index contributed by atoms with van der Waals surface area (Å²) in [4.78, 5) is 0. The molecular formula is C14H20ClN. The van der Waals surface area contributed by atoms with Crippen LogP contribution in [0.4, 0.5) is 0 Å². The fourth-order valence-electron chi connectivity index (χ4n) is 1.93. The van der Waals surface area contributed by atoms with E-state index in [2.05, 4.69) is 31.3 Å². The summed E-state index contributed by atoms with van der Waals surface area (Å²) in [6.07, 6.45) is 3.87. The average Bonchev–Trinajstić information content (AvgIpc) is 3.01. The SMILES string of the molecule is CC(C)(CCNC1CC1)c1cccc(Cl)c1. The first-order valence-electron chi connectivity index (χ1n) is 6.07. The average molecular weight is 238 g/mol. The van der Waals surface area contributed by atoms with Crippen LogP contribution in [-0.4, -0.2) is 12.6 Å². The van der Waals surface area contributed by atoms with Crippen molar-refractivity contribution in [1.29, 1.82) is 0 Å². The van der Waals surface area contributed by atoms with Gasteiger partial charge in [0, 0.05) is 11.1 Å². The van der Waals surface area contributed by atoms with Crippen molar-refractivity contribution in [2.24, 2.45) is 0 Å². The summed E-state index contributed by atoms with van der Waals surface area (Å²) in [5.74, 6) is 0. The van der Waals surface area contributed by atoms with Gasteiger partial charge < -0.3 is 5.32 Å². The minimum atomic E-state index is 0.201. The van der Waals surface area contributed by atoms with Crippen molar-refractivity contribution < 1.29 is 0 Å². The third-order valence-corrected chi connectivity index (χ3v) is 3.60. The molecule has 88 valence electrons. The minimum absolute atomic E-state index is 0.201. The Bertz CT molecular complexity index is 356. The number of halogens is 1. The van der Waals surface area contributed by atoms with Crippen LogP contribution in [0.2, 0.25) is 5.02 Å². The van der Waals surface area contributed by atoms with Crippen LogP contribution >= 0.6 is 11.6 Å². The van der Waals surface area contributed by atoms with E-state index in [-0.39, 0.29) is 5.41 Å². The van der Waals surface area contributed by atoms with Crippen LogP contribution in [0.5, 0.6) is 0 Å². The number of hydrogen-bond acceptors (Lipinski definition) is 1. The van der Waals surface area contributed by atoms with E-state index in [0.29, 0.717) is 0 Å². The molecule has 0 amide bonds. The molecule has 1 aromatic carbocycles. The van der Waals surface area contributed by atoms with E-state index in [0.717, 1.165) is 24.0 Å². The molecule has 1 N–H and O–H groups in total. The van der Waals surface area contributed by atoms with Crippen LogP contribution in [0, 0.1) is 0 Å². The molecule has 0 atom stereocenters. The molecule has 0 bridgehead atoms. The highest BCUT2D eigenvalue weighted by atomic mass is 35.5. The van der Waals surface area contributed by atoms with Gasteiger partial charge in [-0.2, -0.15) is 0 Å². The van der Waals surface area contributed by atoms with E-state index >= 15 is 0 Å². The molecule has 16 heavy (non-hydrogen) atoms. The lowest BCUT2D eigenvalue weighted by Crippen LogP contribution is -2.26. The van der Waals surface area contributed by atoms with Crippen molar-refractivity contribution in [3.8, 4) is 0 Å². The van der Waals surface area contributed by atoms with Crippen LogP contribution < -0.4 is 5.32 Å². The molecule has 2 rings (SSSR count). The Hall–Kier alpha value is -0.530.